The number of ether oxygens (including phenoxy) is 1. The minimum absolute atomic E-state index is 0.0205. The van der Waals surface area contributed by atoms with E-state index in [0.717, 1.165) is 0 Å². The number of hydrogen-bond acceptors (Lipinski definition) is 6. The Kier molecular flexibility index (Phi) is 7.85. The normalized spacial score (nSPS) is 17.4. The van der Waals surface area contributed by atoms with Crippen molar-refractivity contribution < 1.29 is 30.3 Å². The second kappa shape index (κ2) is 7.98. The molecule has 0 saturated carbocycles. The maximum absolute atomic E-state index is 9.87. The summed E-state index contributed by atoms with van der Waals surface area (Å²) in [6.45, 7) is -0.778. The van der Waals surface area contributed by atoms with Crippen LogP contribution in [-0.4, -0.2) is 63.9 Å². The monoisotopic (exact) mass is 224 g/mol. The maximum Gasteiger partial charge on any atom is 0.192 e. The molecule has 0 aromatic heterocycles. The molecule has 0 heterocycles. The van der Waals surface area contributed by atoms with Gasteiger partial charge in [-0.2, -0.15) is 0 Å². The van der Waals surface area contributed by atoms with E-state index in [1.807, 2.05) is 0 Å². The van der Waals surface area contributed by atoms with Crippen LogP contribution in [0.25, 0.3) is 0 Å². The molecule has 0 fully saturated rings. The first-order valence-corrected chi connectivity index (χ1v) is 4.97. The molecular formula is C9H20O6. The van der Waals surface area contributed by atoms with Crippen molar-refractivity contribution in [2.24, 2.45) is 0 Å². The molecule has 0 rings (SSSR count). The molecule has 0 amide bonds. The van der Waals surface area contributed by atoms with Crippen molar-refractivity contribution in [2.45, 2.75) is 31.2 Å². The van der Waals surface area contributed by atoms with E-state index in [0.29, 0.717) is 0 Å². The third kappa shape index (κ3) is 5.41. The average molecular weight is 224 g/mol. The molecule has 0 spiro atoms. The Morgan fingerprint density at radius 1 is 1.07 bits per heavy atom. The van der Waals surface area contributed by atoms with Crippen molar-refractivity contribution >= 4 is 0 Å². The van der Waals surface area contributed by atoms with E-state index >= 15 is 0 Å². The van der Waals surface area contributed by atoms with Gasteiger partial charge in [-0.15, -0.1) is 0 Å². The van der Waals surface area contributed by atoms with Crippen LogP contribution in [0.15, 0.2) is 0 Å². The molecule has 92 valence electrons. The Bertz CT molecular complexity index is 144. The largest absolute Gasteiger partial charge is 0.396 e. The third-order valence-electron chi connectivity index (χ3n) is 2.06. The van der Waals surface area contributed by atoms with E-state index in [1.165, 1.54) is 0 Å². The number of rotatable bonds is 9. The number of hydrogen-bond donors (Lipinski definition) is 5. The lowest BCUT2D eigenvalue weighted by molar-refractivity contribution is -0.265. The van der Waals surface area contributed by atoms with Crippen molar-refractivity contribution in [2.75, 3.05) is 26.4 Å². The summed E-state index contributed by atoms with van der Waals surface area (Å²) in [4.78, 5) is 0. The molecule has 0 saturated heterocycles. The molecule has 0 aliphatic rings. The van der Waals surface area contributed by atoms with Gasteiger partial charge in [0.15, 0.2) is 5.79 Å². The minimum Gasteiger partial charge on any atom is -0.396 e. The lowest BCUT2D eigenvalue weighted by atomic mass is 10.0. The fraction of sp³-hybridized carbons (Fsp3) is 1.00. The van der Waals surface area contributed by atoms with Crippen LogP contribution in [0.1, 0.15) is 19.3 Å². The predicted molar refractivity (Wildman–Crippen MR) is 52.0 cm³/mol. The lowest BCUT2D eigenvalue weighted by Gasteiger charge is -2.32. The van der Waals surface area contributed by atoms with E-state index in [4.69, 9.17) is 20.1 Å². The van der Waals surface area contributed by atoms with Crippen LogP contribution in [0.5, 0.6) is 0 Å². The Morgan fingerprint density at radius 3 is 2.20 bits per heavy atom. The van der Waals surface area contributed by atoms with Crippen molar-refractivity contribution in [3.8, 4) is 0 Å². The topological polar surface area (TPSA) is 110 Å². The first-order valence-electron chi connectivity index (χ1n) is 4.97. The smallest absolute Gasteiger partial charge is 0.192 e. The summed E-state index contributed by atoms with van der Waals surface area (Å²) >= 11 is 0. The fourth-order valence-electron chi connectivity index (χ4n) is 1.24. The van der Waals surface area contributed by atoms with Crippen LogP contribution in [0.2, 0.25) is 0 Å². The van der Waals surface area contributed by atoms with E-state index < -0.39 is 11.9 Å². The SMILES string of the molecule is OCCCC(O)(OCCO)C(O)CCO. The Labute approximate surface area is 88.7 Å². The molecular weight excluding hydrogens is 204 g/mol. The summed E-state index contributed by atoms with van der Waals surface area (Å²) in [5, 5.41) is 45.2. The standard InChI is InChI=1S/C9H20O6/c10-4-1-3-9(14,15-7-6-12)8(13)2-5-11/h8,10-14H,1-7H2. The minimum atomic E-state index is -1.81. The van der Waals surface area contributed by atoms with Crippen molar-refractivity contribution in [3.63, 3.8) is 0 Å². The molecule has 0 aromatic rings. The van der Waals surface area contributed by atoms with Crippen molar-refractivity contribution in [1.29, 1.82) is 0 Å². The van der Waals surface area contributed by atoms with Crippen LogP contribution < -0.4 is 0 Å². The highest BCUT2D eigenvalue weighted by Gasteiger charge is 2.35. The van der Waals surface area contributed by atoms with Gasteiger partial charge in [-0.25, -0.2) is 0 Å². The van der Waals surface area contributed by atoms with Gasteiger partial charge in [-0.05, 0) is 6.42 Å². The molecule has 15 heavy (non-hydrogen) atoms. The number of aliphatic hydroxyl groups is 5. The van der Waals surface area contributed by atoms with E-state index in [2.05, 4.69) is 0 Å². The summed E-state index contributed by atoms with van der Waals surface area (Å²) < 4.78 is 4.93. The van der Waals surface area contributed by atoms with Crippen LogP contribution in [0, 0.1) is 0 Å². The van der Waals surface area contributed by atoms with Crippen LogP contribution >= 0.6 is 0 Å². The highest BCUT2D eigenvalue weighted by molar-refractivity contribution is 4.77. The second-order valence-corrected chi connectivity index (χ2v) is 3.27. The van der Waals surface area contributed by atoms with E-state index in [1.54, 1.807) is 0 Å². The summed E-state index contributed by atoms with van der Waals surface area (Å²) in [6.07, 6.45) is -0.941. The van der Waals surface area contributed by atoms with Crippen molar-refractivity contribution in [1.82, 2.24) is 0 Å². The van der Waals surface area contributed by atoms with Crippen LogP contribution in [-0.2, 0) is 4.74 Å². The molecule has 0 aromatic carbocycles. The third-order valence-corrected chi connectivity index (χ3v) is 2.06. The molecule has 2 atom stereocenters. The van der Waals surface area contributed by atoms with E-state index in [9.17, 15) is 10.2 Å². The summed E-state index contributed by atoms with van der Waals surface area (Å²) in [6, 6.07) is 0. The van der Waals surface area contributed by atoms with Crippen molar-refractivity contribution in [3.05, 3.63) is 0 Å². The summed E-state index contributed by atoms with van der Waals surface area (Å²) in [5.74, 6) is -1.81. The predicted octanol–water partition coefficient (Wildman–Crippen LogP) is -1.80. The maximum atomic E-state index is 9.87. The van der Waals surface area contributed by atoms with E-state index in [-0.39, 0.29) is 45.7 Å². The molecule has 5 N–H and O–H groups in total. The number of aliphatic hydroxyl groups excluding tert-OH is 4. The van der Waals surface area contributed by atoms with Crippen LogP contribution in [0.4, 0.5) is 0 Å². The molecule has 6 heteroatoms. The first-order chi connectivity index (χ1) is 7.10. The average Bonchev–Trinajstić information content (AvgIpc) is 2.24. The van der Waals surface area contributed by atoms with Gasteiger partial charge in [-0.1, -0.05) is 0 Å². The lowest BCUT2D eigenvalue weighted by Crippen LogP contribution is -2.46. The zero-order valence-corrected chi connectivity index (χ0v) is 8.67. The van der Waals surface area contributed by atoms with Gasteiger partial charge >= 0.3 is 0 Å². The Balaban J connectivity index is 4.23. The first kappa shape index (κ1) is 14.8. The van der Waals surface area contributed by atoms with Crippen LogP contribution in [0.3, 0.4) is 0 Å². The van der Waals surface area contributed by atoms with Gasteiger partial charge in [0.25, 0.3) is 0 Å². The van der Waals surface area contributed by atoms with Gasteiger partial charge in [-0.3, -0.25) is 0 Å². The second-order valence-electron chi connectivity index (χ2n) is 3.27. The fourth-order valence-corrected chi connectivity index (χ4v) is 1.24. The van der Waals surface area contributed by atoms with Gasteiger partial charge in [0.1, 0.15) is 6.10 Å². The quantitative estimate of drug-likeness (QED) is 0.296. The molecule has 0 aliphatic carbocycles. The van der Waals surface area contributed by atoms with Gasteiger partial charge < -0.3 is 30.3 Å². The highest BCUT2D eigenvalue weighted by Crippen LogP contribution is 2.21. The molecule has 0 bridgehead atoms. The molecule has 0 aliphatic heterocycles. The zero-order chi connectivity index (χ0) is 11.7. The van der Waals surface area contributed by atoms with Gasteiger partial charge in [0, 0.05) is 26.1 Å². The molecule has 2 unspecified atom stereocenters. The molecule has 0 radical (unpaired) electrons. The van der Waals surface area contributed by atoms with Gasteiger partial charge in [0.2, 0.25) is 0 Å². The summed E-state index contributed by atoms with van der Waals surface area (Å²) in [5.41, 5.74) is 0. The Hall–Kier alpha value is -0.240. The zero-order valence-electron chi connectivity index (χ0n) is 8.67. The highest BCUT2D eigenvalue weighted by atomic mass is 16.6. The summed E-state index contributed by atoms with van der Waals surface area (Å²) in [7, 11) is 0. The molecule has 6 nitrogen and oxygen atoms in total. The Morgan fingerprint density at radius 2 is 1.73 bits per heavy atom. The van der Waals surface area contributed by atoms with Gasteiger partial charge in [0.05, 0.1) is 13.2 Å².